The molecule has 1 aromatic carbocycles. The van der Waals surface area contributed by atoms with Crippen LogP contribution in [0.25, 0.3) is 0 Å². The lowest BCUT2D eigenvalue weighted by Gasteiger charge is -2.21. The Balaban J connectivity index is 2.74. The maximum absolute atomic E-state index is 13.4. The molecule has 0 atom stereocenters. The van der Waals surface area contributed by atoms with Gasteiger partial charge in [0, 0.05) is 16.9 Å². The van der Waals surface area contributed by atoms with Crippen LogP contribution >= 0.6 is 27.5 Å². The van der Waals surface area contributed by atoms with E-state index in [9.17, 15) is 9.18 Å². The summed E-state index contributed by atoms with van der Waals surface area (Å²) >= 11 is 8.95. The number of alkyl halides is 1. The summed E-state index contributed by atoms with van der Waals surface area (Å²) in [4.78, 5) is 11.8. The summed E-state index contributed by atoms with van der Waals surface area (Å²) in [7, 11) is 0. The lowest BCUT2D eigenvalue weighted by atomic mass is 9.96. The van der Waals surface area contributed by atoms with E-state index in [4.69, 9.17) is 11.6 Å². The second-order valence-electron chi connectivity index (χ2n) is 4.60. The van der Waals surface area contributed by atoms with Crippen LogP contribution in [0.1, 0.15) is 24.2 Å². The number of benzene rings is 1. The summed E-state index contributed by atoms with van der Waals surface area (Å²) in [6.45, 7) is 4.26. The van der Waals surface area contributed by atoms with Crippen LogP contribution in [-0.2, 0) is 0 Å². The Morgan fingerprint density at radius 1 is 1.53 bits per heavy atom. The lowest BCUT2D eigenvalue weighted by Crippen LogP contribution is -2.35. The van der Waals surface area contributed by atoms with Gasteiger partial charge in [-0.05, 0) is 23.6 Å². The van der Waals surface area contributed by atoms with Crippen LogP contribution in [0.15, 0.2) is 22.7 Å². The number of nitrogens with one attached hydrogen (secondary N) is 1. The highest BCUT2D eigenvalue weighted by Crippen LogP contribution is 2.17. The molecule has 1 aromatic rings. The molecule has 17 heavy (non-hydrogen) atoms. The zero-order valence-electron chi connectivity index (χ0n) is 9.69. The first kappa shape index (κ1) is 14.5. The van der Waals surface area contributed by atoms with Crippen molar-refractivity contribution in [3.05, 3.63) is 34.1 Å². The topological polar surface area (TPSA) is 29.1 Å². The van der Waals surface area contributed by atoms with Crippen LogP contribution in [0.4, 0.5) is 4.39 Å². The van der Waals surface area contributed by atoms with Crippen LogP contribution in [0.2, 0.25) is 0 Å². The van der Waals surface area contributed by atoms with Gasteiger partial charge in [0.2, 0.25) is 0 Å². The summed E-state index contributed by atoms with van der Waals surface area (Å²) in [6.07, 6.45) is 0. The number of hydrogen-bond donors (Lipinski definition) is 1. The summed E-state index contributed by atoms with van der Waals surface area (Å²) in [5.74, 6) is -0.537. The standard InChI is InChI=1S/C12H14BrClFNO/c1-12(2,6-14)7-16-11(17)9-5-8(13)3-4-10(9)15/h3-5H,6-7H2,1-2H3,(H,16,17). The molecule has 0 spiro atoms. The lowest BCUT2D eigenvalue weighted by molar-refractivity contribution is 0.0935. The molecule has 1 amide bonds. The third-order valence-electron chi connectivity index (χ3n) is 2.26. The molecule has 0 unspecified atom stereocenters. The second kappa shape index (κ2) is 5.83. The van der Waals surface area contributed by atoms with Crippen molar-refractivity contribution in [2.75, 3.05) is 12.4 Å². The van der Waals surface area contributed by atoms with Gasteiger partial charge in [0.05, 0.1) is 5.56 Å². The van der Waals surface area contributed by atoms with Crippen molar-refractivity contribution in [3.63, 3.8) is 0 Å². The minimum absolute atomic E-state index is 0.0322. The molecule has 0 fully saturated rings. The number of rotatable bonds is 4. The van der Waals surface area contributed by atoms with Gasteiger partial charge in [0.25, 0.3) is 5.91 Å². The van der Waals surface area contributed by atoms with Gasteiger partial charge < -0.3 is 5.32 Å². The number of carbonyl (C=O) groups excluding carboxylic acids is 1. The molecular formula is C12H14BrClFNO. The zero-order valence-corrected chi connectivity index (χ0v) is 12.0. The molecule has 0 aliphatic carbocycles. The van der Waals surface area contributed by atoms with Crippen LogP contribution in [0.5, 0.6) is 0 Å². The number of hydrogen-bond acceptors (Lipinski definition) is 1. The first-order chi connectivity index (χ1) is 7.85. The van der Waals surface area contributed by atoms with Gasteiger partial charge in [-0.15, -0.1) is 11.6 Å². The van der Waals surface area contributed by atoms with E-state index in [1.54, 1.807) is 6.07 Å². The SMILES string of the molecule is CC(C)(CCl)CNC(=O)c1cc(Br)ccc1F. The Morgan fingerprint density at radius 2 is 2.18 bits per heavy atom. The van der Waals surface area contributed by atoms with E-state index < -0.39 is 11.7 Å². The Kier molecular flexibility index (Phi) is 4.95. The van der Waals surface area contributed by atoms with Crippen molar-refractivity contribution in [2.24, 2.45) is 5.41 Å². The minimum atomic E-state index is -0.533. The van der Waals surface area contributed by atoms with E-state index in [1.807, 2.05) is 13.8 Å². The van der Waals surface area contributed by atoms with Crippen molar-refractivity contribution in [1.82, 2.24) is 5.32 Å². The molecule has 1 rings (SSSR count). The van der Waals surface area contributed by atoms with E-state index in [0.29, 0.717) is 16.9 Å². The van der Waals surface area contributed by atoms with Crippen molar-refractivity contribution in [2.45, 2.75) is 13.8 Å². The highest BCUT2D eigenvalue weighted by Gasteiger charge is 2.19. The molecule has 0 saturated heterocycles. The monoisotopic (exact) mass is 321 g/mol. The average molecular weight is 323 g/mol. The third kappa shape index (κ3) is 4.28. The van der Waals surface area contributed by atoms with Gasteiger partial charge in [0.15, 0.2) is 0 Å². The van der Waals surface area contributed by atoms with Crippen molar-refractivity contribution < 1.29 is 9.18 Å². The minimum Gasteiger partial charge on any atom is -0.351 e. The normalized spacial score (nSPS) is 11.4. The Bertz CT molecular complexity index is 423. The van der Waals surface area contributed by atoms with Gasteiger partial charge in [-0.25, -0.2) is 4.39 Å². The van der Waals surface area contributed by atoms with Crippen molar-refractivity contribution >= 4 is 33.4 Å². The molecule has 0 aromatic heterocycles. The van der Waals surface area contributed by atoms with Crippen LogP contribution < -0.4 is 5.32 Å². The molecule has 0 saturated carbocycles. The molecule has 94 valence electrons. The van der Waals surface area contributed by atoms with Crippen LogP contribution in [0.3, 0.4) is 0 Å². The smallest absolute Gasteiger partial charge is 0.254 e. The van der Waals surface area contributed by atoms with E-state index in [2.05, 4.69) is 21.2 Å². The number of carbonyl (C=O) groups is 1. The highest BCUT2D eigenvalue weighted by molar-refractivity contribution is 9.10. The Hall–Kier alpha value is -0.610. The molecule has 1 N–H and O–H groups in total. The van der Waals surface area contributed by atoms with Crippen molar-refractivity contribution in [3.8, 4) is 0 Å². The Labute approximate surface area is 114 Å². The second-order valence-corrected chi connectivity index (χ2v) is 5.79. The molecular weight excluding hydrogens is 308 g/mol. The number of amides is 1. The largest absolute Gasteiger partial charge is 0.351 e. The molecule has 0 aliphatic rings. The summed E-state index contributed by atoms with van der Waals surface area (Å²) in [5.41, 5.74) is -0.176. The fraction of sp³-hybridized carbons (Fsp3) is 0.417. The van der Waals surface area contributed by atoms with Crippen molar-refractivity contribution in [1.29, 1.82) is 0 Å². The van der Waals surface area contributed by atoms with Crippen LogP contribution in [0, 0.1) is 11.2 Å². The molecule has 0 aliphatic heterocycles. The van der Waals surface area contributed by atoms with Gasteiger partial charge >= 0.3 is 0 Å². The maximum Gasteiger partial charge on any atom is 0.254 e. The summed E-state index contributed by atoms with van der Waals surface area (Å²) in [6, 6.07) is 4.26. The average Bonchev–Trinajstić information content (AvgIpc) is 2.29. The first-order valence-electron chi connectivity index (χ1n) is 5.15. The molecule has 5 heteroatoms. The highest BCUT2D eigenvalue weighted by atomic mass is 79.9. The predicted octanol–water partition coefficient (Wildman–Crippen LogP) is 3.58. The molecule has 0 heterocycles. The predicted molar refractivity (Wildman–Crippen MR) is 70.9 cm³/mol. The number of halogens is 3. The van der Waals surface area contributed by atoms with E-state index >= 15 is 0 Å². The summed E-state index contributed by atoms with van der Waals surface area (Å²) < 4.78 is 14.1. The first-order valence-corrected chi connectivity index (χ1v) is 6.48. The molecule has 0 bridgehead atoms. The molecule has 0 radical (unpaired) electrons. The van der Waals surface area contributed by atoms with E-state index in [-0.39, 0.29) is 11.0 Å². The van der Waals surface area contributed by atoms with E-state index in [1.165, 1.54) is 12.1 Å². The summed E-state index contributed by atoms with van der Waals surface area (Å²) in [5, 5.41) is 2.67. The quantitative estimate of drug-likeness (QED) is 0.843. The van der Waals surface area contributed by atoms with Gasteiger partial charge in [-0.3, -0.25) is 4.79 Å². The van der Waals surface area contributed by atoms with Gasteiger partial charge in [-0.1, -0.05) is 29.8 Å². The van der Waals surface area contributed by atoms with Crippen LogP contribution in [-0.4, -0.2) is 18.3 Å². The fourth-order valence-electron chi connectivity index (χ4n) is 1.13. The Morgan fingerprint density at radius 3 is 2.76 bits per heavy atom. The third-order valence-corrected chi connectivity index (χ3v) is 3.48. The zero-order chi connectivity index (χ0) is 13.1. The fourth-order valence-corrected chi connectivity index (χ4v) is 1.59. The van der Waals surface area contributed by atoms with Gasteiger partial charge in [-0.2, -0.15) is 0 Å². The van der Waals surface area contributed by atoms with E-state index in [0.717, 1.165) is 0 Å². The molecule has 2 nitrogen and oxygen atoms in total. The maximum atomic E-state index is 13.4. The van der Waals surface area contributed by atoms with Gasteiger partial charge in [0.1, 0.15) is 5.82 Å².